The molecule has 142 valence electrons. The molecule has 2 heterocycles. The van der Waals surface area contributed by atoms with Gasteiger partial charge in [-0.3, -0.25) is 14.9 Å². The van der Waals surface area contributed by atoms with Crippen molar-refractivity contribution < 1.29 is 24.5 Å². The first kappa shape index (κ1) is 20.4. The van der Waals surface area contributed by atoms with Gasteiger partial charge in [0.1, 0.15) is 18.3 Å². The van der Waals surface area contributed by atoms with Crippen molar-refractivity contribution >= 4 is 25.0 Å². The second-order valence-corrected chi connectivity index (χ2v) is 12.0. The Kier molecular flexibility index (Phi) is 6.66. The van der Waals surface area contributed by atoms with E-state index in [2.05, 4.69) is 24.9 Å². The van der Waals surface area contributed by atoms with Crippen LogP contribution in [0, 0.1) is 5.92 Å². The van der Waals surface area contributed by atoms with Crippen LogP contribution in [-0.4, -0.2) is 72.2 Å². The molecule has 7 heteroatoms. The Bertz CT molecular complexity index is 596. The van der Waals surface area contributed by atoms with Gasteiger partial charge in [0.25, 0.3) is 5.91 Å². The number of carbonyl (C=O) groups excluding carboxylic acids is 2. The van der Waals surface area contributed by atoms with Crippen LogP contribution in [0.2, 0.25) is 0 Å². The monoisotopic (exact) mass is 371 g/mol. The third-order valence-electron chi connectivity index (χ3n) is 4.78. The molecule has 0 aromatic rings. The SMILES string of the molecule is C=P(C)(C)CC[C@H]1O[C@@H](C2C=C(CCCC)C(=O)NC2=O)[C@H](O)[C@@H]1O. The number of hydrogen-bond acceptors (Lipinski definition) is 5. The molecule has 2 amide bonds. The summed E-state index contributed by atoms with van der Waals surface area (Å²) in [5.74, 6) is -1.61. The first-order valence-corrected chi connectivity index (χ1v) is 11.9. The standard InChI is InChI=1S/C18H30NO5P/c1-5-6-7-11-10-12(18(23)19-17(11)22)16-15(21)14(20)13(24-16)8-9-25(2,3)4/h10,12-16,20-21H,2,5-9H2,1,3-4H3,(H,19,22,23)/t12?,13-,14-,15-,16+/m1/s1. The van der Waals surface area contributed by atoms with Gasteiger partial charge in [-0.2, -0.15) is 0 Å². The lowest BCUT2D eigenvalue weighted by Gasteiger charge is -2.26. The molecule has 0 aromatic heterocycles. The predicted octanol–water partition coefficient (Wildman–Crippen LogP) is 0.964. The summed E-state index contributed by atoms with van der Waals surface area (Å²) in [6.07, 6.45) is 6.02. The molecule has 2 aliphatic rings. The normalized spacial score (nSPS) is 33.3. The molecule has 3 N–H and O–H groups in total. The van der Waals surface area contributed by atoms with Gasteiger partial charge in [-0.05, 0) is 38.8 Å². The third-order valence-corrected chi connectivity index (χ3v) is 6.25. The smallest absolute Gasteiger partial charge is 0.253 e. The van der Waals surface area contributed by atoms with E-state index in [9.17, 15) is 19.8 Å². The number of ether oxygens (including phenoxy) is 1. The molecule has 6 nitrogen and oxygen atoms in total. The summed E-state index contributed by atoms with van der Waals surface area (Å²) in [4.78, 5) is 24.2. The van der Waals surface area contributed by atoms with Gasteiger partial charge in [-0.1, -0.05) is 19.4 Å². The largest absolute Gasteiger partial charge is 0.388 e. The maximum absolute atomic E-state index is 12.2. The summed E-state index contributed by atoms with van der Waals surface area (Å²) in [5, 5.41) is 23.0. The van der Waals surface area contributed by atoms with Crippen LogP contribution in [0.4, 0.5) is 0 Å². The second-order valence-electron chi connectivity index (χ2n) is 7.71. The molecule has 0 spiro atoms. The molecule has 0 radical (unpaired) electrons. The summed E-state index contributed by atoms with van der Waals surface area (Å²) in [6, 6.07) is 0. The molecule has 1 saturated heterocycles. The molecule has 25 heavy (non-hydrogen) atoms. The summed E-state index contributed by atoms with van der Waals surface area (Å²) >= 11 is 0. The summed E-state index contributed by atoms with van der Waals surface area (Å²) in [7, 11) is 0. The maximum atomic E-state index is 12.2. The molecule has 0 aliphatic carbocycles. The molecular weight excluding hydrogens is 341 g/mol. The highest BCUT2D eigenvalue weighted by atomic mass is 31.2. The Balaban J connectivity index is 2.13. The van der Waals surface area contributed by atoms with Crippen molar-refractivity contribution in [1.29, 1.82) is 0 Å². The van der Waals surface area contributed by atoms with Crippen molar-refractivity contribution in [2.75, 3.05) is 19.5 Å². The Labute approximate surface area is 149 Å². The number of imide groups is 1. The topological polar surface area (TPSA) is 95.9 Å². The van der Waals surface area contributed by atoms with Gasteiger partial charge >= 0.3 is 0 Å². The number of unbranched alkanes of at least 4 members (excludes halogenated alkanes) is 1. The molecule has 2 rings (SSSR count). The Morgan fingerprint density at radius 2 is 1.96 bits per heavy atom. The number of aliphatic hydroxyl groups is 2. The highest BCUT2D eigenvalue weighted by Gasteiger charge is 2.48. The van der Waals surface area contributed by atoms with Crippen molar-refractivity contribution in [3.05, 3.63) is 11.6 Å². The zero-order chi connectivity index (χ0) is 18.8. The van der Waals surface area contributed by atoms with E-state index in [4.69, 9.17) is 4.74 Å². The van der Waals surface area contributed by atoms with E-state index in [0.29, 0.717) is 18.4 Å². The number of amides is 2. The second kappa shape index (κ2) is 8.17. The molecule has 0 aromatic carbocycles. The molecular formula is C18H30NO5P. The van der Waals surface area contributed by atoms with Gasteiger partial charge in [-0.15, -0.1) is 13.2 Å². The molecule has 1 fully saturated rings. The van der Waals surface area contributed by atoms with E-state index in [1.54, 1.807) is 6.08 Å². The number of carbonyl (C=O) groups is 2. The molecule has 2 aliphatic heterocycles. The molecule has 5 atom stereocenters. The quantitative estimate of drug-likeness (QED) is 0.458. The van der Waals surface area contributed by atoms with Crippen LogP contribution in [0.1, 0.15) is 32.6 Å². The van der Waals surface area contributed by atoms with Crippen LogP contribution < -0.4 is 5.32 Å². The lowest BCUT2D eigenvalue weighted by molar-refractivity contribution is -0.136. The van der Waals surface area contributed by atoms with Crippen LogP contribution >= 0.6 is 6.89 Å². The van der Waals surface area contributed by atoms with Gasteiger partial charge < -0.3 is 14.9 Å². The minimum atomic E-state index is -1.27. The third kappa shape index (κ3) is 5.04. The fourth-order valence-corrected chi connectivity index (χ4v) is 4.19. The first-order chi connectivity index (χ1) is 11.6. The van der Waals surface area contributed by atoms with E-state index in [1.807, 2.05) is 6.92 Å². The summed E-state index contributed by atoms with van der Waals surface area (Å²) in [6.45, 7) is 4.97. The number of aliphatic hydroxyl groups excluding tert-OH is 2. The van der Waals surface area contributed by atoms with Crippen molar-refractivity contribution in [1.82, 2.24) is 5.32 Å². The zero-order valence-corrected chi connectivity index (χ0v) is 16.2. The number of hydrogen-bond donors (Lipinski definition) is 3. The fourth-order valence-electron chi connectivity index (χ4n) is 3.24. The van der Waals surface area contributed by atoms with Crippen molar-refractivity contribution in [2.24, 2.45) is 5.92 Å². The minimum absolute atomic E-state index is 0.372. The fraction of sp³-hybridized carbons (Fsp3) is 0.722. The van der Waals surface area contributed by atoms with Gasteiger partial charge in [0, 0.05) is 5.57 Å². The van der Waals surface area contributed by atoms with Crippen LogP contribution in [0.5, 0.6) is 0 Å². The van der Waals surface area contributed by atoms with Gasteiger partial charge in [0.2, 0.25) is 5.91 Å². The Morgan fingerprint density at radius 3 is 2.56 bits per heavy atom. The maximum Gasteiger partial charge on any atom is 0.253 e. The van der Waals surface area contributed by atoms with Crippen LogP contribution in [0.25, 0.3) is 0 Å². The van der Waals surface area contributed by atoms with Gasteiger partial charge in [0.15, 0.2) is 0 Å². The molecule has 0 saturated carbocycles. The first-order valence-electron chi connectivity index (χ1n) is 8.89. The van der Waals surface area contributed by atoms with E-state index in [0.717, 1.165) is 19.0 Å². The number of rotatable bonds is 7. The Morgan fingerprint density at radius 1 is 1.28 bits per heavy atom. The van der Waals surface area contributed by atoms with E-state index < -0.39 is 43.1 Å². The van der Waals surface area contributed by atoms with E-state index in [-0.39, 0.29) is 5.91 Å². The van der Waals surface area contributed by atoms with E-state index in [1.165, 1.54) is 0 Å². The number of nitrogens with one attached hydrogen (secondary N) is 1. The predicted molar refractivity (Wildman–Crippen MR) is 100 cm³/mol. The Hall–Kier alpha value is -0.940. The highest BCUT2D eigenvalue weighted by molar-refractivity contribution is 7.72. The van der Waals surface area contributed by atoms with Crippen molar-refractivity contribution in [2.45, 2.75) is 57.0 Å². The zero-order valence-electron chi connectivity index (χ0n) is 15.3. The van der Waals surface area contributed by atoms with Gasteiger partial charge in [-0.25, -0.2) is 0 Å². The minimum Gasteiger partial charge on any atom is -0.388 e. The lowest BCUT2D eigenvalue weighted by atomic mass is 9.89. The summed E-state index contributed by atoms with van der Waals surface area (Å²) in [5.41, 5.74) is 0.546. The van der Waals surface area contributed by atoms with E-state index >= 15 is 0 Å². The van der Waals surface area contributed by atoms with Crippen molar-refractivity contribution in [3.63, 3.8) is 0 Å². The van der Waals surface area contributed by atoms with Crippen molar-refractivity contribution in [3.8, 4) is 0 Å². The van der Waals surface area contributed by atoms with Crippen LogP contribution in [0.15, 0.2) is 11.6 Å². The summed E-state index contributed by atoms with van der Waals surface area (Å²) < 4.78 is 5.85. The van der Waals surface area contributed by atoms with Crippen LogP contribution in [-0.2, 0) is 14.3 Å². The highest BCUT2D eigenvalue weighted by Crippen LogP contribution is 2.39. The molecule has 1 unspecified atom stereocenters. The average Bonchev–Trinajstić information content (AvgIpc) is 2.80. The average molecular weight is 371 g/mol. The molecule has 0 bridgehead atoms. The van der Waals surface area contributed by atoms with Crippen LogP contribution in [0.3, 0.4) is 0 Å². The van der Waals surface area contributed by atoms with Gasteiger partial charge in [0.05, 0.1) is 12.0 Å². The lowest BCUT2D eigenvalue weighted by Crippen LogP contribution is -2.48.